The molecule has 1 aromatic rings. The molecule has 0 saturated carbocycles. The largest absolute Gasteiger partial charge is 0.387 e. The predicted octanol–water partition coefficient (Wildman–Crippen LogP) is 0.226. The summed E-state index contributed by atoms with van der Waals surface area (Å²) in [6.45, 7) is 3.17. The van der Waals surface area contributed by atoms with E-state index in [1.165, 1.54) is 17.0 Å². The molecule has 14 heavy (non-hydrogen) atoms. The third-order valence-electron chi connectivity index (χ3n) is 2.89. The van der Waals surface area contributed by atoms with Gasteiger partial charge in [0.15, 0.2) is 0 Å². The van der Waals surface area contributed by atoms with Crippen LogP contribution in [0.2, 0.25) is 0 Å². The Kier molecular flexibility index (Phi) is 3.17. The lowest BCUT2D eigenvalue weighted by atomic mass is 10.1. The van der Waals surface area contributed by atoms with Gasteiger partial charge in [-0.25, -0.2) is 0 Å². The summed E-state index contributed by atoms with van der Waals surface area (Å²) in [5.41, 5.74) is 1.37. The molecule has 2 atom stereocenters. The average molecular weight is 192 g/mol. The van der Waals surface area contributed by atoms with E-state index in [1.54, 1.807) is 0 Å². The number of rotatable bonds is 2. The number of piperidine rings is 1. The molecular weight excluding hydrogens is 174 g/mol. The van der Waals surface area contributed by atoms with E-state index in [0.717, 1.165) is 25.9 Å². The minimum Gasteiger partial charge on any atom is -0.387 e. The zero-order valence-electron chi connectivity index (χ0n) is 8.45. The minimum atomic E-state index is -0.0811. The van der Waals surface area contributed by atoms with Gasteiger partial charge in [-0.1, -0.05) is 30.3 Å². The van der Waals surface area contributed by atoms with Crippen LogP contribution in [0.1, 0.15) is 18.4 Å². The van der Waals surface area contributed by atoms with E-state index in [9.17, 15) is 5.11 Å². The quantitative estimate of drug-likeness (QED) is 0.688. The molecule has 0 aromatic heterocycles. The second-order valence-electron chi connectivity index (χ2n) is 4.16. The van der Waals surface area contributed by atoms with Crippen LogP contribution in [-0.4, -0.2) is 24.3 Å². The number of quaternary nitrogens is 1. The van der Waals surface area contributed by atoms with Gasteiger partial charge >= 0.3 is 0 Å². The third kappa shape index (κ3) is 2.56. The Morgan fingerprint density at radius 1 is 1.29 bits per heavy atom. The summed E-state index contributed by atoms with van der Waals surface area (Å²) in [5.74, 6) is 0. The number of hydrogen-bond acceptors (Lipinski definition) is 1. The van der Waals surface area contributed by atoms with Gasteiger partial charge in [-0.15, -0.1) is 0 Å². The molecule has 2 N–H and O–H groups in total. The van der Waals surface area contributed by atoms with E-state index >= 15 is 0 Å². The van der Waals surface area contributed by atoms with Crippen LogP contribution in [0.3, 0.4) is 0 Å². The average Bonchev–Trinajstić information content (AvgIpc) is 2.19. The van der Waals surface area contributed by atoms with E-state index in [0.29, 0.717) is 0 Å². The van der Waals surface area contributed by atoms with Crippen molar-refractivity contribution in [2.24, 2.45) is 0 Å². The van der Waals surface area contributed by atoms with Crippen molar-refractivity contribution in [1.82, 2.24) is 0 Å². The van der Waals surface area contributed by atoms with Crippen LogP contribution in [-0.2, 0) is 6.54 Å². The number of likely N-dealkylation sites (tertiary alicyclic amines) is 1. The highest BCUT2D eigenvalue weighted by Crippen LogP contribution is 2.00. The lowest BCUT2D eigenvalue weighted by Crippen LogP contribution is -3.12. The molecule has 1 fully saturated rings. The summed E-state index contributed by atoms with van der Waals surface area (Å²) in [5, 5.41) is 9.54. The van der Waals surface area contributed by atoms with Gasteiger partial charge in [0, 0.05) is 5.56 Å². The van der Waals surface area contributed by atoms with Crippen molar-refractivity contribution in [3.63, 3.8) is 0 Å². The molecular formula is C12H18NO+. The van der Waals surface area contributed by atoms with E-state index in [1.807, 2.05) is 6.07 Å². The molecule has 0 amide bonds. The number of nitrogens with one attached hydrogen (secondary N) is 1. The Hall–Kier alpha value is -0.860. The van der Waals surface area contributed by atoms with Crippen LogP contribution >= 0.6 is 0 Å². The minimum absolute atomic E-state index is 0.0811. The normalized spacial score (nSPS) is 27.5. The molecule has 0 spiro atoms. The van der Waals surface area contributed by atoms with Crippen molar-refractivity contribution >= 4 is 0 Å². The summed E-state index contributed by atoms with van der Waals surface area (Å²) in [6, 6.07) is 10.5. The SMILES string of the molecule is O[C@@H]1CCC[NH+](Cc2ccccc2)C1. The van der Waals surface area contributed by atoms with Crippen molar-refractivity contribution in [2.45, 2.75) is 25.5 Å². The van der Waals surface area contributed by atoms with Crippen LogP contribution < -0.4 is 4.90 Å². The van der Waals surface area contributed by atoms with E-state index in [-0.39, 0.29) is 6.10 Å². The second kappa shape index (κ2) is 4.58. The maximum atomic E-state index is 9.54. The van der Waals surface area contributed by atoms with Gasteiger partial charge in [0.05, 0.1) is 6.54 Å². The van der Waals surface area contributed by atoms with E-state index in [4.69, 9.17) is 0 Å². The van der Waals surface area contributed by atoms with Crippen molar-refractivity contribution in [2.75, 3.05) is 13.1 Å². The first-order chi connectivity index (χ1) is 6.84. The maximum Gasteiger partial charge on any atom is 0.104 e. The van der Waals surface area contributed by atoms with Crippen LogP contribution in [0, 0.1) is 0 Å². The Morgan fingerprint density at radius 3 is 2.79 bits per heavy atom. The summed E-state index contributed by atoms with van der Waals surface area (Å²) in [7, 11) is 0. The van der Waals surface area contributed by atoms with Crippen molar-refractivity contribution < 1.29 is 10.0 Å². The van der Waals surface area contributed by atoms with Crippen LogP contribution in [0.4, 0.5) is 0 Å². The molecule has 1 heterocycles. The zero-order valence-corrected chi connectivity index (χ0v) is 8.45. The Labute approximate surface area is 85.2 Å². The van der Waals surface area contributed by atoms with Crippen LogP contribution in [0.25, 0.3) is 0 Å². The molecule has 1 aliphatic rings. The molecule has 76 valence electrons. The molecule has 0 bridgehead atoms. The highest BCUT2D eigenvalue weighted by atomic mass is 16.3. The number of benzene rings is 1. The molecule has 2 rings (SSSR count). The molecule has 1 aromatic carbocycles. The van der Waals surface area contributed by atoms with Crippen molar-refractivity contribution in [3.8, 4) is 0 Å². The molecule has 0 aliphatic carbocycles. The molecule has 1 aliphatic heterocycles. The number of aliphatic hydroxyl groups excluding tert-OH is 1. The van der Waals surface area contributed by atoms with Crippen LogP contribution in [0.15, 0.2) is 30.3 Å². The Morgan fingerprint density at radius 2 is 2.07 bits per heavy atom. The monoisotopic (exact) mass is 192 g/mol. The Balaban J connectivity index is 1.91. The second-order valence-corrected chi connectivity index (χ2v) is 4.16. The third-order valence-corrected chi connectivity index (χ3v) is 2.89. The number of hydrogen-bond donors (Lipinski definition) is 2. The van der Waals surface area contributed by atoms with Gasteiger partial charge in [-0.05, 0) is 12.8 Å². The Bertz CT molecular complexity index is 273. The first-order valence-electron chi connectivity index (χ1n) is 5.40. The molecule has 1 unspecified atom stereocenters. The standard InChI is InChI=1S/C12H17NO/c14-12-7-4-8-13(10-12)9-11-5-2-1-3-6-11/h1-3,5-6,12,14H,4,7-10H2/p+1/t12-/m1/s1. The first kappa shape index (κ1) is 9.69. The first-order valence-corrected chi connectivity index (χ1v) is 5.40. The van der Waals surface area contributed by atoms with Gasteiger partial charge in [0.2, 0.25) is 0 Å². The van der Waals surface area contributed by atoms with Crippen molar-refractivity contribution in [3.05, 3.63) is 35.9 Å². The zero-order chi connectivity index (χ0) is 9.80. The van der Waals surface area contributed by atoms with Crippen LogP contribution in [0.5, 0.6) is 0 Å². The topological polar surface area (TPSA) is 24.7 Å². The molecule has 0 radical (unpaired) electrons. The smallest absolute Gasteiger partial charge is 0.104 e. The fourth-order valence-electron chi connectivity index (χ4n) is 2.17. The van der Waals surface area contributed by atoms with Gasteiger partial charge < -0.3 is 10.0 Å². The lowest BCUT2D eigenvalue weighted by Gasteiger charge is -2.27. The highest BCUT2D eigenvalue weighted by Gasteiger charge is 2.20. The lowest BCUT2D eigenvalue weighted by molar-refractivity contribution is -0.921. The molecule has 1 saturated heterocycles. The fraction of sp³-hybridized carbons (Fsp3) is 0.500. The maximum absolute atomic E-state index is 9.54. The van der Waals surface area contributed by atoms with Gasteiger partial charge in [-0.3, -0.25) is 0 Å². The predicted molar refractivity (Wildman–Crippen MR) is 56.1 cm³/mol. The van der Waals surface area contributed by atoms with Gasteiger partial charge in [-0.2, -0.15) is 0 Å². The molecule has 2 nitrogen and oxygen atoms in total. The molecule has 2 heteroatoms. The summed E-state index contributed by atoms with van der Waals surface area (Å²) in [4.78, 5) is 1.51. The van der Waals surface area contributed by atoms with E-state index in [2.05, 4.69) is 24.3 Å². The highest BCUT2D eigenvalue weighted by molar-refractivity contribution is 5.13. The van der Waals surface area contributed by atoms with Gasteiger partial charge in [0.1, 0.15) is 19.2 Å². The summed E-state index contributed by atoms with van der Waals surface area (Å²) >= 11 is 0. The van der Waals surface area contributed by atoms with E-state index < -0.39 is 0 Å². The summed E-state index contributed by atoms with van der Waals surface area (Å²) < 4.78 is 0. The summed E-state index contributed by atoms with van der Waals surface area (Å²) in [6.07, 6.45) is 2.06. The van der Waals surface area contributed by atoms with Crippen molar-refractivity contribution in [1.29, 1.82) is 0 Å². The number of aliphatic hydroxyl groups is 1. The fourth-order valence-corrected chi connectivity index (χ4v) is 2.17. The van der Waals surface area contributed by atoms with Gasteiger partial charge in [0.25, 0.3) is 0 Å².